The molecule has 0 fully saturated rings. The lowest BCUT2D eigenvalue weighted by atomic mass is 10.1. The average Bonchev–Trinajstić information content (AvgIpc) is 2.24. The summed E-state index contributed by atoms with van der Waals surface area (Å²) in [6.07, 6.45) is 3.00. The third-order valence-corrected chi connectivity index (χ3v) is 2.25. The van der Waals surface area contributed by atoms with Crippen molar-refractivity contribution in [3.05, 3.63) is 29.8 Å². The Balaban J connectivity index is 2.59. The van der Waals surface area contributed by atoms with Crippen LogP contribution >= 0.6 is 0 Å². The molecule has 2 heteroatoms. The zero-order valence-electron chi connectivity index (χ0n) is 9.57. The number of hydrogen-bond donors (Lipinski definition) is 1. The molecule has 1 aromatic carbocycles. The fraction of sp³-hybridized carbons (Fsp3) is 0.538. The average molecular weight is 208 g/mol. The Hall–Kier alpha value is -1.02. The first-order valence-electron chi connectivity index (χ1n) is 5.62. The van der Waals surface area contributed by atoms with E-state index in [9.17, 15) is 0 Å². The van der Waals surface area contributed by atoms with Crippen molar-refractivity contribution in [3.8, 4) is 5.75 Å². The number of hydrogen-bond acceptors (Lipinski definition) is 2. The van der Waals surface area contributed by atoms with Gasteiger partial charge < -0.3 is 9.84 Å². The van der Waals surface area contributed by atoms with Crippen LogP contribution < -0.4 is 4.74 Å². The van der Waals surface area contributed by atoms with Crippen LogP contribution in [0, 0.1) is 0 Å². The van der Waals surface area contributed by atoms with E-state index in [4.69, 9.17) is 9.84 Å². The molecule has 1 N–H and O–H groups in total. The smallest absolute Gasteiger partial charge is 0.122 e. The van der Waals surface area contributed by atoms with E-state index in [2.05, 4.69) is 13.0 Å². The van der Waals surface area contributed by atoms with E-state index in [-0.39, 0.29) is 0 Å². The van der Waals surface area contributed by atoms with Crippen molar-refractivity contribution in [3.63, 3.8) is 0 Å². The number of aryl methyl sites for hydroxylation is 1. The molecule has 0 saturated heterocycles. The van der Waals surface area contributed by atoms with Crippen LogP contribution in [0.5, 0.6) is 5.75 Å². The van der Waals surface area contributed by atoms with Gasteiger partial charge in [-0.1, -0.05) is 31.5 Å². The molecule has 0 heterocycles. The topological polar surface area (TPSA) is 29.5 Å². The van der Waals surface area contributed by atoms with Crippen LogP contribution in [0.3, 0.4) is 0 Å². The van der Waals surface area contributed by atoms with E-state index in [0.29, 0.717) is 6.61 Å². The molecule has 0 aliphatic rings. The highest BCUT2D eigenvalue weighted by Gasteiger charge is 2.03. The van der Waals surface area contributed by atoms with Crippen LogP contribution in [-0.2, 0) is 6.42 Å². The number of aliphatic hydroxyl groups excluding tert-OH is 1. The summed E-state index contributed by atoms with van der Waals surface area (Å²) in [5.74, 6) is 0.909. The molecule has 0 amide bonds. The Morgan fingerprint density at radius 2 is 2.07 bits per heavy atom. The highest BCUT2D eigenvalue weighted by molar-refractivity contribution is 5.33. The lowest BCUT2D eigenvalue weighted by Gasteiger charge is -2.12. The molecular weight excluding hydrogens is 188 g/mol. The van der Waals surface area contributed by atoms with Gasteiger partial charge in [0.25, 0.3) is 0 Å². The molecule has 2 nitrogen and oxygen atoms in total. The third kappa shape index (κ3) is 4.34. The molecule has 0 unspecified atom stereocenters. The van der Waals surface area contributed by atoms with Crippen LogP contribution in [0.2, 0.25) is 0 Å². The molecule has 0 bridgehead atoms. The SMILES string of the molecule is CCCCc1ccccc1OC[C@H](C)O. The molecular formula is C13H20O2. The van der Waals surface area contributed by atoms with Crippen LogP contribution in [0.15, 0.2) is 24.3 Å². The lowest BCUT2D eigenvalue weighted by Crippen LogP contribution is -2.13. The first-order valence-corrected chi connectivity index (χ1v) is 5.62. The van der Waals surface area contributed by atoms with Gasteiger partial charge in [0.05, 0.1) is 6.10 Å². The van der Waals surface area contributed by atoms with E-state index < -0.39 is 6.10 Å². The van der Waals surface area contributed by atoms with Gasteiger partial charge in [0.15, 0.2) is 0 Å². The minimum atomic E-state index is -0.413. The van der Waals surface area contributed by atoms with Crippen LogP contribution in [-0.4, -0.2) is 17.8 Å². The van der Waals surface area contributed by atoms with Crippen molar-refractivity contribution in [1.82, 2.24) is 0 Å². The monoisotopic (exact) mass is 208 g/mol. The van der Waals surface area contributed by atoms with Crippen molar-refractivity contribution < 1.29 is 9.84 Å². The van der Waals surface area contributed by atoms with Gasteiger partial charge >= 0.3 is 0 Å². The highest BCUT2D eigenvalue weighted by atomic mass is 16.5. The number of unbranched alkanes of at least 4 members (excludes halogenated alkanes) is 1. The van der Waals surface area contributed by atoms with Gasteiger partial charge in [-0.2, -0.15) is 0 Å². The molecule has 0 aromatic heterocycles. The van der Waals surface area contributed by atoms with Crippen LogP contribution in [0.25, 0.3) is 0 Å². The molecule has 0 aliphatic heterocycles. The van der Waals surface area contributed by atoms with Gasteiger partial charge in [-0.15, -0.1) is 0 Å². The Morgan fingerprint density at radius 3 is 2.73 bits per heavy atom. The van der Waals surface area contributed by atoms with Gasteiger partial charge in [-0.25, -0.2) is 0 Å². The number of benzene rings is 1. The number of ether oxygens (including phenoxy) is 1. The number of aliphatic hydroxyl groups is 1. The molecule has 1 rings (SSSR count). The Bertz CT molecular complexity index is 282. The maximum absolute atomic E-state index is 9.16. The molecule has 0 radical (unpaired) electrons. The summed E-state index contributed by atoms with van der Waals surface area (Å²) < 4.78 is 5.55. The van der Waals surface area contributed by atoms with Crippen molar-refractivity contribution in [1.29, 1.82) is 0 Å². The molecule has 0 aliphatic carbocycles. The predicted octanol–water partition coefficient (Wildman–Crippen LogP) is 2.79. The second-order valence-electron chi connectivity index (χ2n) is 3.87. The molecule has 15 heavy (non-hydrogen) atoms. The van der Waals surface area contributed by atoms with Gasteiger partial charge in [-0.3, -0.25) is 0 Å². The Morgan fingerprint density at radius 1 is 1.33 bits per heavy atom. The second-order valence-corrected chi connectivity index (χ2v) is 3.87. The van der Waals surface area contributed by atoms with Crippen molar-refractivity contribution in [2.24, 2.45) is 0 Å². The van der Waals surface area contributed by atoms with E-state index in [1.807, 2.05) is 18.2 Å². The summed E-state index contributed by atoms with van der Waals surface area (Å²) in [7, 11) is 0. The quantitative estimate of drug-likeness (QED) is 0.779. The summed E-state index contributed by atoms with van der Waals surface area (Å²) in [6, 6.07) is 8.05. The van der Waals surface area contributed by atoms with Crippen LogP contribution in [0.4, 0.5) is 0 Å². The number of para-hydroxylation sites is 1. The summed E-state index contributed by atoms with van der Waals surface area (Å²) in [6.45, 7) is 4.27. The minimum absolute atomic E-state index is 0.364. The normalized spacial score (nSPS) is 12.5. The summed E-state index contributed by atoms with van der Waals surface area (Å²) in [4.78, 5) is 0. The number of rotatable bonds is 6. The van der Waals surface area contributed by atoms with Crippen molar-refractivity contribution >= 4 is 0 Å². The van der Waals surface area contributed by atoms with Crippen molar-refractivity contribution in [2.75, 3.05) is 6.61 Å². The zero-order chi connectivity index (χ0) is 11.1. The van der Waals surface area contributed by atoms with Gasteiger partial charge in [0, 0.05) is 0 Å². The predicted molar refractivity (Wildman–Crippen MR) is 62.2 cm³/mol. The van der Waals surface area contributed by atoms with Gasteiger partial charge in [0.2, 0.25) is 0 Å². The standard InChI is InChI=1S/C13H20O2/c1-3-4-7-12-8-5-6-9-13(12)15-10-11(2)14/h5-6,8-9,11,14H,3-4,7,10H2,1-2H3/t11-/m0/s1. The Kier molecular flexibility index (Phi) is 5.19. The van der Waals surface area contributed by atoms with Crippen LogP contribution in [0.1, 0.15) is 32.3 Å². The van der Waals surface area contributed by atoms with E-state index in [1.54, 1.807) is 6.92 Å². The maximum Gasteiger partial charge on any atom is 0.122 e. The second kappa shape index (κ2) is 6.46. The van der Waals surface area contributed by atoms with Gasteiger partial charge in [-0.05, 0) is 31.4 Å². The fourth-order valence-electron chi connectivity index (χ4n) is 1.43. The molecule has 1 aromatic rings. The third-order valence-electron chi connectivity index (χ3n) is 2.25. The van der Waals surface area contributed by atoms with Crippen molar-refractivity contribution in [2.45, 2.75) is 39.2 Å². The molecule has 84 valence electrons. The molecule has 1 atom stereocenters. The molecule has 0 spiro atoms. The fourth-order valence-corrected chi connectivity index (χ4v) is 1.43. The van der Waals surface area contributed by atoms with E-state index >= 15 is 0 Å². The minimum Gasteiger partial charge on any atom is -0.491 e. The lowest BCUT2D eigenvalue weighted by molar-refractivity contribution is 0.122. The highest BCUT2D eigenvalue weighted by Crippen LogP contribution is 2.20. The zero-order valence-corrected chi connectivity index (χ0v) is 9.57. The largest absolute Gasteiger partial charge is 0.491 e. The summed E-state index contributed by atoms with van der Waals surface area (Å²) in [5.41, 5.74) is 1.24. The molecule has 0 saturated carbocycles. The Labute approximate surface area is 91.9 Å². The first-order chi connectivity index (χ1) is 7.24. The summed E-state index contributed by atoms with van der Waals surface area (Å²) >= 11 is 0. The van der Waals surface area contributed by atoms with E-state index in [0.717, 1.165) is 12.2 Å². The van der Waals surface area contributed by atoms with E-state index in [1.165, 1.54) is 18.4 Å². The summed E-state index contributed by atoms with van der Waals surface area (Å²) in [5, 5.41) is 9.16. The van der Waals surface area contributed by atoms with Gasteiger partial charge in [0.1, 0.15) is 12.4 Å². The first kappa shape index (κ1) is 12.1. The maximum atomic E-state index is 9.16.